The van der Waals surface area contributed by atoms with Gasteiger partial charge >= 0.3 is 0 Å². The Hall–Kier alpha value is -4.17. The molecule has 0 N–H and O–H groups in total. The number of rotatable bonds is 6. The first kappa shape index (κ1) is 23.6. The molecular weight excluding hydrogens is 488 g/mol. The van der Waals surface area contributed by atoms with E-state index < -0.39 is 14.9 Å². The average Bonchev–Trinajstić information content (AvgIpc) is 3.33. The van der Waals surface area contributed by atoms with E-state index in [1.54, 1.807) is 18.7 Å². The molecule has 0 amide bonds. The molecule has 2 aromatic heterocycles. The van der Waals surface area contributed by atoms with E-state index in [-0.39, 0.29) is 23.7 Å². The van der Waals surface area contributed by atoms with Crippen molar-refractivity contribution in [1.29, 1.82) is 0 Å². The van der Waals surface area contributed by atoms with E-state index in [1.807, 2.05) is 29.2 Å². The number of nitro groups is 1. The Morgan fingerprint density at radius 3 is 2.42 bits per heavy atom. The van der Waals surface area contributed by atoms with Crippen LogP contribution in [0.15, 0.2) is 53.7 Å². The molecule has 0 bridgehead atoms. The Kier molecular flexibility index (Phi) is 5.97. The molecule has 186 valence electrons. The number of anilines is 1. The fourth-order valence-corrected chi connectivity index (χ4v) is 5.79. The number of nitrogens with zero attached hydrogens (tertiary/aromatic N) is 8. The van der Waals surface area contributed by atoms with Gasteiger partial charge in [0, 0.05) is 38.3 Å². The Balaban J connectivity index is 1.38. The third-order valence-electron chi connectivity index (χ3n) is 6.07. The van der Waals surface area contributed by atoms with Crippen LogP contribution in [0.5, 0.6) is 5.75 Å². The van der Waals surface area contributed by atoms with Crippen LogP contribution in [-0.4, -0.2) is 75.9 Å². The molecular formula is C22H22N8O5S. The average molecular weight is 511 g/mol. The molecule has 0 spiro atoms. The van der Waals surface area contributed by atoms with Gasteiger partial charge in [-0.25, -0.2) is 18.4 Å². The van der Waals surface area contributed by atoms with Crippen LogP contribution in [0.3, 0.4) is 0 Å². The van der Waals surface area contributed by atoms with E-state index in [0.717, 1.165) is 11.8 Å². The maximum absolute atomic E-state index is 13.3. The van der Waals surface area contributed by atoms with E-state index in [4.69, 9.17) is 4.74 Å². The van der Waals surface area contributed by atoms with Gasteiger partial charge in [0.1, 0.15) is 12.1 Å². The highest BCUT2D eigenvalue weighted by Crippen LogP contribution is 2.28. The smallest absolute Gasteiger partial charge is 0.270 e. The number of benzene rings is 2. The standard InChI is InChI=1S/C22H22N8O5S/c1-15-3-4-17(30(31)32)13-19(15)36(33,34)28-11-9-27(10-12-28)21-20-22(24-14-23-21)29(26-25-20)16-5-7-18(35-2)8-6-16/h3-8,13-14H,9-12H2,1-2H3. The van der Waals surface area contributed by atoms with Crippen LogP contribution in [0.1, 0.15) is 5.56 Å². The Morgan fingerprint density at radius 1 is 1.03 bits per heavy atom. The van der Waals surface area contributed by atoms with E-state index in [2.05, 4.69) is 20.3 Å². The van der Waals surface area contributed by atoms with Gasteiger partial charge < -0.3 is 9.64 Å². The van der Waals surface area contributed by atoms with E-state index in [0.29, 0.717) is 41.4 Å². The third-order valence-corrected chi connectivity index (χ3v) is 8.11. The summed E-state index contributed by atoms with van der Waals surface area (Å²) >= 11 is 0. The van der Waals surface area contributed by atoms with Crippen LogP contribution in [-0.2, 0) is 10.0 Å². The lowest BCUT2D eigenvalue weighted by atomic mass is 10.2. The lowest BCUT2D eigenvalue weighted by Gasteiger charge is -2.34. The van der Waals surface area contributed by atoms with Crippen molar-refractivity contribution in [2.24, 2.45) is 0 Å². The monoisotopic (exact) mass is 510 g/mol. The van der Waals surface area contributed by atoms with Crippen molar-refractivity contribution < 1.29 is 18.1 Å². The second kappa shape index (κ2) is 9.13. The maximum Gasteiger partial charge on any atom is 0.270 e. The van der Waals surface area contributed by atoms with Gasteiger partial charge in [-0.2, -0.15) is 8.99 Å². The summed E-state index contributed by atoms with van der Waals surface area (Å²) in [6.07, 6.45) is 1.43. The van der Waals surface area contributed by atoms with Gasteiger partial charge in [-0.1, -0.05) is 11.3 Å². The van der Waals surface area contributed by atoms with Crippen molar-refractivity contribution in [3.8, 4) is 11.4 Å². The van der Waals surface area contributed by atoms with Gasteiger partial charge in [0.25, 0.3) is 5.69 Å². The number of ether oxygens (including phenoxy) is 1. The lowest BCUT2D eigenvalue weighted by Crippen LogP contribution is -2.49. The predicted octanol–water partition coefficient (Wildman–Crippen LogP) is 1.95. The lowest BCUT2D eigenvalue weighted by molar-refractivity contribution is -0.385. The summed E-state index contributed by atoms with van der Waals surface area (Å²) in [6.45, 7) is 2.70. The maximum atomic E-state index is 13.3. The number of aryl methyl sites for hydroxylation is 1. The number of non-ortho nitro benzene ring substituents is 1. The molecule has 0 unspecified atom stereocenters. The summed E-state index contributed by atoms with van der Waals surface area (Å²) in [5.41, 5.74) is 1.97. The van der Waals surface area contributed by atoms with E-state index in [9.17, 15) is 18.5 Å². The number of hydrogen-bond acceptors (Lipinski definition) is 10. The SMILES string of the molecule is COc1ccc(-n2nnc3c(N4CCN(S(=O)(=O)c5cc([N+](=O)[O-])ccc5C)CC4)ncnc32)cc1. The van der Waals surface area contributed by atoms with E-state index >= 15 is 0 Å². The molecule has 0 aliphatic carbocycles. The number of aromatic nitrogens is 5. The van der Waals surface area contributed by atoms with E-state index in [1.165, 1.54) is 22.8 Å². The van der Waals surface area contributed by atoms with Gasteiger partial charge in [0.05, 0.1) is 22.6 Å². The quantitative estimate of drug-likeness (QED) is 0.278. The third kappa shape index (κ3) is 4.09. The molecule has 13 nitrogen and oxygen atoms in total. The first-order chi connectivity index (χ1) is 17.3. The van der Waals surface area contributed by atoms with Crippen LogP contribution in [0.25, 0.3) is 16.9 Å². The normalized spacial score (nSPS) is 14.8. The van der Waals surface area contributed by atoms with Crippen molar-refractivity contribution >= 4 is 32.7 Å². The second-order valence-corrected chi connectivity index (χ2v) is 10.1. The number of sulfonamides is 1. The largest absolute Gasteiger partial charge is 0.497 e. The van der Waals surface area contributed by atoms with Gasteiger partial charge in [-0.15, -0.1) is 5.10 Å². The molecule has 0 saturated carbocycles. The van der Waals surface area contributed by atoms with Crippen molar-refractivity contribution in [1.82, 2.24) is 29.3 Å². The molecule has 0 atom stereocenters. The first-order valence-corrected chi connectivity index (χ1v) is 12.4. The molecule has 4 aromatic rings. The molecule has 1 fully saturated rings. The molecule has 5 rings (SSSR count). The minimum atomic E-state index is -3.91. The van der Waals surface area contributed by atoms with Crippen molar-refractivity contribution in [3.05, 3.63) is 64.5 Å². The summed E-state index contributed by atoms with van der Waals surface area (Å²) in [6, 6.07) is 11.2. The van der Waals surface area contributed by atoms with Crippen molar-refractivity contribution in [2.75, 3.05) is 38.2 Å². The van der Waals surface area contributed by atoms with Crippen molar-refractivity contribution in [3.63, 3.8) is 0 Å². The zero-order valence-electron chi connectivity index (χ0n) is 19.5. The summed E-state index contributed by atoms with van der Waals surface area (Å²) in [5, 5.41) is 19.7. The molecule has 14 heteroatoms. The van der Waals surface area contributed by atoms with Crippen LogP contribution < -0.4 is 9.64 Å². The molecule has 3 heterocycles. The number of piperazine rings is 1. The Bertz CT molecular complexity index is 1550. The second-order valence-electron chi connectivity index (χ2n) is 8.17. The molecule has 36 heavy (non-hydrogen) atoms. The van der Waals surface area contributed by atoms with Gasteiger partial charge in [0.2, 0.25) is 10.0 Å². The summed E-state index contributed by atoms with van der Waals surface area (Å²) < 4.78 is 34.7. The van der Waals surface area contributed by atoms with Crippen LogP contribution in [0.2, 0.25) is 0 Å². The molecule has 0 radical (unpaired) electrons. The zero-order valence-corrected chi connectivity index (χ0v) is 20.3. The minimum Gasteiger partial charge on any atom is -0.497 e. The Morgan fingerprint density at radius 2 is 1.75 bits per heavy atom. The topological polar surface area (TPSA) is 149 Å². The highest BCUT2D eigenvalue weighted by atomic mass is 32.2. The zero-order chi connectivity index (χ0) is 25.4. The first-order valence-electron chi connectivity index (χ1n) is 11.0. The minimum absolute atomic E-state index is 0.0583. The summed E-state index contributed by atoms with van der Waals surface area (Å²) in [4.78, 5) is 21.2. The summed E-state index contributed by atoms with van der Waals surface area (Å²) in [5.74, 6) is 1.27. The van der Waals surface area contributed by atoms with Gasteiger partial charge in [-0.05, 0) is 36.8 Å². The number of nitro benzene ring substituents is 1. The van der Waals surface area contributed by atoms with Gasteiger partial charge in [0.15, 0.2) is 17.0 Å². The number of fused-ring (bicyclic) bond motifs is 1. The molecule has 2 aromatic carbocycles. The fourth-order valence-electron chi connectivity index (χ4n) is 4.13. The highest BCUT2D eigenvalue weighted by molar-refractivity contribution is 7.89. The number of hydrogen-bond donors (Lipinski definition) is 0. The van der Waals surface area contributed by atoms with Crippen LogP contribution in [0, 0.1) is 17.0 Å². The molecule has 1 aliphatic rings. The van der Waals surface area contributed by atoms with Crippen LogP contribution >= 0.6 is 0 Å². The molecule has 1 saturated heterocycles. The van der Waals surface area contributed by atoms with Gasteiger partial charge in [-0.3, -0.25) is 10.1 Å². The summed E-state index contributed by atoms with van der Waals surface area (Å²) in [7, 11) is -2.31. The molecule has 1 aliphatic heterocycles. The fraction of sp³-hybridized carbons (Fsp3) is 0.273. The Labute approximate surface area is 206 Å². The predicted molar refractivity (Wildman–Crippen MR) is 130 cm³/mol. The number of methoxy groups -OCH3 is 1. The van der Waals surface area contributed by atoms with Crippen molar-refractivity contribution in [2.45, 2.75) is 11.8 Å². The van der Waals surface area contributed by atoms with Crippen LogP contribution in [0.4, 0.5) is 11.5 Å². The highest BCUT2D eigenvalue weighted by Gasteiger charge is 2.32.